The van der Waals surface area contributed by atoms with Crippen molar-refractivity contribution in [3.05, 3.63) is 0 Å². The van der Waals surface area contributed by atoms with Crippen molar-refractivity contribution < 1.29 is 9.59 Å². The Labute approximate surface area is 128 Å². The fraction of sp³-hybridized carbons (Fsp3) is 0.882. The SMILES string of the molecule is CCC(C(C)C)N1CCC(=O)NC(C2CCCCC2)C1=O. The van der Waals surface area contributed by atoms with Crippen LogP contribution in [0.15, 0.2) is 0 Å². The van der Waals surface area contributed by atoms with E-state index in [0.29, 0.717) is 24.8 Å². The van der Waals surface area contributed by atoms with Crippen LogP contribution in [0.5, 0.6) is 0 Å². The number of amides is 2. The maximum Gasteiger partial charge on any atom is 0.245 e. The van der Waals surface area contributed by atoms with Gasteiger partial charge in [0.05, 0.1) is 0 Å². The maximum atomic E-state index is 13.0. The van der Waals surface area contributed by atoms with Gasteiger partial charge in [-0.3, -0.25) is 9.59 Å². The van der Waals surface area contributed by atoms with Crippen LogP contribution >= 0.6 is 0 Å². The zero-order valence-corrected chi connectivity index (χ0v) is 13.7. The molecule has 1 saturated heterocycles. The van der Waals surface area contributed by atoms with E-state index < -0.39 is 0 Å². The molecule has 0 aromatic rings. The fourth-order valence-corrected chi connectivity index (χ4v) is 3.99. The van der Waals surface area contributed by atoms with Crippen molar-refractivity contribution in [2.45, 2.75) is 77.8 Å². The van der Waals surface area contributed by atoms with Crippen LogP contribution in [0.4, 0.5) is 0 Å². The molecule has 2 aliphatic rings. The molecule has 4 nitrogen and oxygen atoms in total. The van der Waals surface area contributed by atoms with E-state index in [0.717, 1.165) is 19.3 Å². The van der Waals surface area contributed by atoms with Gasteiger partial charge >= 0.3 is 0 Å². The molecule has 0 bridgehead atoms. The van der Waals surface area contributed by atoms with Crippen LogP contribution in [0.3, 0.4) is 0 Å². The van der Waals surface area contributed by atoms with Crippen molar-refractivity contribution >= 4 is 11.8 Å². The quantitative estimate of drug-likeness (QED) is 0.866. The molecule has 0 aromatic carbocycles. The molecule has 2 unspecified atom stereocenters. The summed E-state index contributed by atoms with van der Waals surface area (Å²) in [5, 5.41) is 3.02. The van der Waals surface area contributed by atoms with Gasteiger partial charge in [0.1, 0.15) is 6.04 Å². The molecule has 21 heavy (non-hydrogen) atoms. The number of rotatable bonds is 4. The number of nitrogens with zero attached hydrogens (tertiary/aromatic N) is 1. The summed E-state index contributed by atoms with van der Waals surface area (Å²) in [4.78, 5) is 27.0. The third-order valence-electron chi connectivity index (χ3n) is 5.15. The monoisotopic (exact) mass is 294 g/mol. The standard InChI is InChI=1S/C17H30N2O2/c1-4-14(12(2)3)19-11-10-15(20)18-16(17(19)21)13-8-6-5-7-9-13/h12-14,16H,4-11H2,1-3H3,(H,18,20). The van der Waals surface area contributed by atoms with Gasteiger partial charge in [-0.1, -0.05) is 40.0 Å². The first-order valence-electron chi connectivity index (χ1n) is 8.64. The van der Waals surface area contributed by atoms with Crippen LogP contribution in [0.25, 0.3) is 0 Å². The summed E-state index contributed by atoms with van der Waals surface area (Å²) in [7, 11) is 0. The van der Waals surface area contributed by atoms with Crippen molar-refractivity contribution in [3.63, 3.8) is 0 Å². The first-order chi connectivity index (χ1) is 10.0. The lowest BCUT2D eigenvalue weighted by molar-refractivity contribution is -0.138. The smallest absolute Gasteiger partial charge is 0.245 e. The molecule has 1 aliphatic carbocycles. The van der Waals surface area contributed by atoms with Crippen molar-refractivity contribution in [2.75, 3.05) is 6.54 Å². The zero-order valence-electron chi connectivity index (χ0n) is 13.7. The molecule has 0 aromatic heterocycles. The summed E-state index contributed by atoms with van der Waals surface area (Å²) in [6, 6.07) is -0.0376. The summed E-state index contributed by atoms with van der Waals surface area (Å²) >= 11 is 0. The van der Waals surface area contributed by atoms with Gasteiger partial charge in [-0.05, 0) is 31.1 Å². The van der Waals surface area contributed by atoms with Crippen molar-refractivity contribution in [1.82, 2.24) is 10.2 Å². The van der Waals surface area contributed by atoms with E-state index >= 15 is 0 Å². The minimum absolute atomic E-state index is 0.0417. The molecule has 2 fully saturated rings. The Morgan fingerprint density at radius 2 is 1.86 bits per heavy atom. The topological polar surface area (TPSA) is 49.4 Å². The largest absolute Gasteiger partial charge is 0.344 e. The van der Waals surface area contributed by atoms with Crippen LogP contribution in [0, 0.1) is 11.8 Å². The number of carbonyl (C=O) groups excluding carboxylic acids is 2. The zero-order chi connectivity index (χ0) is 15.4. The Bertz CT molecular complexity index is 375. The van der Waals surface area contributed by atoms with Gasteiger partial charge in [-0.25, -0.2) is 0 Å². The molecule has 1 N–H and O–H groups in total. The summed E-state index contributed by atoms with van der Waals surface area (Å²) in [6.07, 6.45) is 7.18. The molecule has 4 heteroatoms. The lowest BCUT2D eigenvalue weighted by Gasteiger charge is -2.37. The predicted octanol–water partition coefficient (Wildman–Crippen LogP) is 2.72. The Morgan fingerprint density at radius 1 is 1.19 bits per heavy atom. The molecule has 2 rings (SSSR count). The highest BCUT2D eigenvalue weighted by molar-refractivity contribution is 5.90. The Kier molecular flexibility index (Phi) is 5.65. The van der Waals surface area contributed by atoms with Gasteiger partial charge in [0.15, 0.2) is 0 Å². The molecular formula is C17H30N2O2. The molecule has 120 valence electrons. The van der Waals surface area contributed by atoms with Crippen LogP contribution in [0.1, 0.15) is 65.7 Å². The van der Waals surface area contributed by atoms with Crippen LogP contribution < -0.4 is 5.32 Å². The molecule has 1 saturated carbocycles. The average molecular weight is 294 g/mol. The molecule has 1 aliphatic heterocycles. The van der Waals surface area contributed by atoms with Crippen LogP contribution in [-0.4, -0.2) is 35.3 Å². The third kappa shape index (κ3) is 3.78. The van der Waals surface area contributed by atoms with Crippen LogP contribution in [0.2, 0.25) is 0 Å². The summed E-state index contributed by atoms with van der Waals surface area (Å²) in [6.45, 7) is 7.03. The minimum atomic E-state index is -0.284. The summed E-state index contributed by atoms with van der Waals surface area (Å²) in [5.41, 5.74) is 0. The molecule has 0 radical (unpaired) electrons. The predicted molar refractivity (Wildman–Crippen MR) is 83.8 cm³/mol. The van der Waals surface area contributed by atoms with Crippen molar-refractivity contribution in [1.29, 1.82) is 0 Å². The Morgan fingerprint density at radius 3 is 2.43 bits per heavy atom. The van der Waals surface area contributed by atoms with Gasteiger partial charge in [0.2, 0.25) is 11.8 Å². The first kappa shape index (κ1) is 16.3. The number of hydrogen-bond donors (Lipinski definition) is 1. The van der Waals surface area contributed by atoms with E-state index in [-0.39, 0.29) is 23.9 Å². The fourth-order valence-electron chi connectivity index (χ4n) is 3.99. The minimum Gasteiger partial charge on any atom is -0.344 e. The number of nitrogens with one attached hydrogen (secondary N) is 1. The van der Waals surface area contributed by atoms with Gasteiger partial charge < -0.3 is 10.2 Å². The third-order valence-corrected chi connectivity index (χ3v) is 5.15. The second-order valence-electron chi connectivity index (χ2n) is 6.94. The van der Waals surface area contributed by atoms with E-state index in [1.807, 2.05) is 4.90 Å². The lowest BCUT2D eigenvalue weighted by Crippen LogP contribution is -2.53. The second kappa shape index (κ2) is 7.28. The Hall–Kier alpha value is -1.06. The van der Waals surface area contributed by atoms with Crippen molar-refractivity contribution in [2.24, 2.45) is 11.8 Å². The van der Waals surface area contributed by atoms with Crippen molar-refractivity contribution in [3.8, 4) is 0 Å². The van der Waals surface area contributed by atoms with Gasteiger partial charge in [0, 0.05) is 19.0 Å². The molecule has 1 heterocycles. The summed E-state index contributed by atoms with van der Waals surface area (Å²) < 4.78 is 0. The highest BCUT2D eigenvalue weighted by Crippen LogP contribution is 2.29. The Balaban J connectivity index is 2.18. The van der Waals surface area contributed by atoms with Gasteiger partial charge in [0.25, 0.3) is 0 Å². The average Bonchev–Trinajstić information content (AvgIpc) is 2.62. The van der Waals surface area contributed by atoms with Gasteiger partial charge in [-0.2, -0.15) is 0 Å². The molecule has 0 spiro atoms. The van der Waals surface area contributed by atoms with E-state index in [1.165, 1.54) is 19.3 Å². The number of carbonyl (C=O) groups is 2. The molecule has 2 atom stereocenters. The van der Waals surface area contributed by atoms with E-state index in [9.17, 15) is 9.59 Å². The van der Waals surface area contributed by atoms with Gasteiger partial charge in [-0.15, -0.1) is 0 Å². The highest BCUT2D eigenvalue weighted by Gasteiger charge is 2.38. The first-order valence-corrected chi connectivity index (χ1v) is 8.64. The molecule has 2 amide bonds. The molecular weight excluding hydrogens is 264 g/mol. The van der Waals surface area contributed by atoms with E-state index in [2.05, 4.69) is 26.1 Å². The second-order valence-corrected chi connectivity index (χ2v) is 6.94. The normalized spacial score (nSPS) is 26.7. The maximum absolute atomic E-state index is 13.0. The van der Waals surface area contributed by atoms with E-state index in [1.54, 1.807) is 0 Å². The lowest BCUT2D eigenvalue weighted by atomic mass is 9.83. The summed E-state index contributed by atoms with van der Waals surface area (Å²) in [5.74, 6) is 0.966. The number of hydrogen-bond acceptors (Lipinski definition) is 2. The highest BCUT2D eigenvalue weighted by atomic mass is 16.2. The van der Waals surface area contributed by atoms with E-state index in [4.69, 9.17) is 0 Å². The van der Waals surface area contributed by atoms with Crippen LogP contribution in [-0.2, 0) is 9.59 Å².